The quantitative estimate of drug-likeness (QED) is 0.709. The standard InChI is InChI=1S/C20H19ClN2O3S/c1-3-9-23-19(25)17(27-20(23)22-14-7-5-4-6-8-14)12-13-10-15(21)18(24)16(11-13)26-2/h4-8,10-12,24H,3,9H2,1-2H3/b17-12+,22-20?. The van der Waals surface area contributed by atoms with Gasteiger partial charge in [-0.05, 0) is 54.1 Å². The molecule has 0 aliphatic carbocycles. The lowest BCUT2D eigenvalue weighted by Crippen LogP contribution is -2.29. The maximum absolute atomic E-state index is 12.8. The molecular formula is C20H19ClN2O3S. The second-order valence-corrected chi connectivity index (χ2v) is 7.27. The average molecular weight is 403 g/mol. The Kier molecular flexibility index (Phi) is 6.08. The molecule has 1 N–H and O–H groups in total. The molecule has 0 aromatic heterocycles. The van der Waals surface area contributed by atoms with Gasteiger partial charge in [-0.2, -0.15) is 0 Å². The molecule has 0 bridgehead atoms. The third kappa shape index (κ3) is 4.28. The fourth-order valence-corrected chi connectivity index (χ4v) is 3.85. The molecule has 2 aromatic carbocycles. The molecule has 1 heterocycles. The molecular weight excluding hydrogens is 384 g/mol. The first-order valence-electron chi connectivity index (χ1n) is 8.45. The number of rotatable bonds is 5. The van der Waals surface area contributed by atoms with Crippen LogP contribution in [0.1, 0.15) is 18.9 Å². The van der Waals surface area contributed by atoms with Gasteiger partial charge in [0, 0.05) is 6.54 Å². The molecule has 3 rings (SSSR count). The summed E-state index contributed by atoms with van der Waals surface area (Å²) >= 11 is 7.37. The number of amidine groups is 1. The van der Waals surface area contributed by atoms with E-state index in [1.54, 1.807) is 23.1 Å². The largest absolute Gasteiger partial charge is 0.503 e. The van der Waals surface area contributed by atoms with Crippen LogP contribution in [0.25, 0.3) is 6.08 Å². The Hall–Kier alpha value is -2.44. The van der Waals surface area contributed by atoms with Crippen molar-refractivity contribution in [1.29, 1.82) is 0 Å². The van der Waals surface area contributed by atoms with E-state index in [4.69, 9.17) is 16.3 Å². The lowest BCUT2D eigenvalue weighted by Gasteiger charge is -2.13. The van der Waals surface area contributed by atoms with Crippen LogP contribution in [0.3, 0.4) is 0 Å². The Balaban J connectivity index is 1.97. The Bertz CT molecular complexity index is 913. The summed E-state index contributed by atoms with van der Waals surface area (Å²) in [5.74, 6) is 0.0405. The number of methoxy groups -OCH3 is 1. The molecule has 1 saturated heterocycles. The molecule has 5 nitrogen and oxygen atoms in total. The monoisotopic (exact) mass is 402 g/mol. The highest BCUT2D eigenvalue weighted by Gasteiger charge is 2.32. The van der Waals surface area contributed by atoms with Crippen LogP contribution in [-0.4, -0.2) is 34.7 Å². The molecule has 1 aliphatic rings. The van der Waals surface area contributed by atoms with Crippen LogP contribution < -0.4 is 4.74 Å². The molecule has 1 fully saturated rings. The van der Waals surface area contributed by atoms with Gasteiger partial charge < -0.3 is 9.84 Å². The maximum Gasteiger partial charge on any atom is 0.266 e. The van der Waals surface area contributed by atoms with Gasteiger partial charge in [0.1, 0.15) is 0 Å². The number of phenolic OH excluding ortho intramolecular Hbond substituents is 1. The Labute approximate surface area is 167 Å². The maximum atomic E-state index is 12.8. The molecule has 27 heavy (non-hydrogen) atoms. The van der Waals surface area contributed by atoms with E-state index in [9.17, 15) is 9.90 Å². The van der Waals surface area contributed by atoms with Crippen LogP contribution in [-0.2, 0) is 4.79 Å². The van der Waals surface area contributed by atoms with E-state index in [2.05, 4.69) is 4.99 Å². The lowest BCUT2D eigenvalue weighted by atomic mass is 10.2. The fourth-order valence-electron chi connectivity index (χ4n) is 2.61. The first-order chi connectivity index (χ1) is 13.0. The minimum atomic E-state index is -0.120. The molecule has 0 spiro atoms. The third-order valence-electron chi connectivity index (χ3n) is 3.88. The van der Waals surface area contributed by atoms with Crippen molar-refractivity contribution in [2.75, 3.05) is 13.7 Å². The Morgan fingerprint density at radius 1 is 1.30 bits per heavy atom. The van der Waals surface area contributed by atoms with Crippen molar-refractivity contribution < 1.29 is 14.6 Å². The number of carbonyl (C=O) groups excluding carboxylic acids is 1. The van der Waals surface area contributed by atoms with Crippen molar-refractivity contribution in [2.24, 2.45) is 4.99 Å². The van der Waals surface area contributed by atoms with Gasteiger partial charge in [0.15, 0.2) is 16.7 Å². The third-order valence-corrected chi connectivity index (χ3v) is 5.18. The van der Waals surface area contributed by atoms with Crippen LogP contribution in [0.4, 0.5) is 5.69 Å². The number of carbonyl (C=O) groups is 1. The molecule has 7 heteroatoms. The summed E-state index contributed by atoms with van der Waals surface area (Å²) < 4.78 is 5.13. The van der Waals surface area contributed by atoms with Crippen LogP contribution >= 0.6 is 23.4 Å². The van der Waals surface area contributed by atoms with Crippen molar-refractivity contribution in [3.05, 3.63) is 58.0 Å². The predicted octanol–water partition coefficient (Wildman–Crippen LogP) is 5.07. The first kappa shape index (κ1) is 19.3. The highest BCUT2D eigenvalue weighted by Crippen LogP contribution is 2.38. The van der Waals surface area contributed by atoms with Crippen molar-refractivity contribution in [3.8, 4) is 11.5 Å². The SMILES string of the molecule is CCCN1C(=O)/C(=C\c2cc(Cl)c(O)c(OC)c2)SC1=Nc1ccccc1. The number of aromatic hydroxyl groups is 1. The zero-order chi connectivity index (χ0) is 19.4. The summed E-state index contributed by atoms with van der Waals surface area (Å²) in [6, 6.07) is 12.8. The molecule has 0 unspecified atom stereocenters. The predicted molar refractivity (Wildman–Crippen MR) is 111 cm³/mol. The van der Waals surface area contributed by atoms with Gasteiger partial charge >= 0.3 is 0 Å². The average Bonchev–Trinajstić information content (AvgIpc) is 2.94. The van der Waals surface area contributed by atoms with Crippen molar-refractivity contribution in [3.63, 3.8) is 0 Å². The summed E-state index contributed by atoms with van der Waals surface area (Å²) in [6.45, 7) is 2.61. The number of aliphatic imine (C=N–C) groups is 1. The van der Waals surface area contributed by atoms with E-state index in [0.717, 1.165) is 12.1 Å². The number of hydrogen-bond acceptors (Lipinski definition) is 5. The van der Waals surface area contributed by atoms with E-state index < -0.39 is 0 Å². The second kappa shape index (κ2) is 8.50. The number of para-hydroxylation sites is 1. The highest BCUT2D eigenvalue weighted by molar-refractivity contribution is 8.18. The summed E-state index contributed by atoms with van der Waals surface area (Å²) in [5.41, 5.74) is 1.47. The minimum Gasteiger partial charge on any atom is -0.503 e. The van der Waals surface area contributed by atoms with E-state index in [1.165, 1.54) is 18.9 Å². The summed E-state index contributed by atoms with van der Waals surface area (Å²) in [5, 5.41) is 10.7. The Morgan fingerprint density at radius 3 is 2.70 bits per heavy atom. The van der Waals surface area contributed by atoms with E-state index >= 15 is 0 Å². The van der Waals surface area contributed by atoms with Crippen LogP contribution in [0.5, 0.6) is 11.5 Å². The van der Waals surface area contributed by atoms with Crippen molar-refractivity contribution in [2.45, 2.75) is 13.3 Å². The van der Waals surface area contributed by atoms with Crippen molar-refractivity contribution >= 4 is 46.2 Å². The lowest BCUT2D eigenvalue weighted by molar-refractivity contribution is -0.122. The van der Waals surface area contributed by atoms with Gasteiger partial charge in [-0.1, -0.05) is 36.7 Å². The van der Waals surface area contributed by atoms with Gasteiger partial charge in [-0.15, -0.1) is 0 Å². The summed E-state index contributed by atoms with van der Waals surface area (Å²) in [6.07, 6.45) is 2.56. The Morgan fingerprint density at radius 2 is 2.04 bits per heavy atom. The van der Waals surface area contributed by atoms with Gasteiger partial charge in [-0.3, -0.25) is 9.69 Å². The van der Waals surface area contributed by atoms with E-state index in [1.807, 2.05) is 37.3 Å². The zero-order valence-corrected chi connectivity index (χ0v) is 16.5. The number of nitrogens with zero attached hydrogens (tertiary/aromatic N) is 2. The van der Waals surface area contributed by atoms with Gasteiger partial charge in [-0.25, -0.2) is 4.99 Å². The number of phenols is 1. The smallest absolute Gasteiger partial charge is 0.266 e. The van der Waals surface area contributed by atoms with Gasteiger partial charge in [0.25, 0.3) is 5.91 Å². The van der Waals surface area contributed by atoms with Crippen LogP contribution in [0.2, 0.25) is 5.02 Å². The molecule has 2 aromatic rings. The molecule has 1 aliphatic heterocycles. The highest BCUT2D eigenvalue weighted by atomic mass is 35.5. The second-order valence-electron chi connectivity index (χ2n) is 5.85. The van der Waals surface area contributed by atoms with Crippen molar-refractivity contribution in [1.82, 2.24) is 4.90 Å². The fraction of sp³-hybridized carbons (Fsp3) is 0.200. The summed E-state index contributed by atoms with van der Waals surface area (Å²) in [4.78, 5) is 19.7. The number of amides is 1. The molecule has 0 saturated carbocycles. The molecule has 0 radical (unpaired) electrons. The first-order valence-corrected chi connectivity index (χ1v) is 9.64. The topological polar surface area (TPSA) is 62.1 Å². The molecule has 0 atom stereocenters. The number of halogens is 1. The number of hydrogen-bond donors (Lipinski definition) is 1. The number of benzene rings is 2. The van der Waals surface area contributed by atoms with Gasteiger partial charge in [0.2, 0.25) is 0 Å². The van der Waals surface area contributed by atoms with Gasteiger partial charge in [0.05, 0.1) is 22.7 Å². The van der Waals surface area contributed by atoms with E-state index in [-0.39, 0.29) is 22.4 Å². The van der Waals surface area contributed by atoms with E-state index in [0.29, 0.717) is 22.2 Å². The zero-order valence-electron chi connectivity index (χ0n) is 15.0. The normalized spacial score (nSPS) is 17.1. The summed E-state index contributed by atoms with van der Waals surface area (Å²) in [7, 11) is 1.45. The molecule has 140 valence electrons. The molecule has 1 amide bonds. The number of thioether (sulfide) groups is 1. The van der Waals surface area contributed by atoms with Crippen LogP contribution in [0.15, 0.2) is 52.4 Å². The number of ether oxygens (including phenoxy) is 1. The van der Waals surface area contributed by atoms with Crippen LogP contribution in [0, 0.1) is 0 Å². The minimum absolute atomic E-state index is 0.0975.